The Balaban J connectivity index is 2.05. The lowest BCUT2D eigenvalue weighted by Crippen LogP contribution is -2.18. The molecule has 0 aliphatic carbocycles. The maximum atomic E-state index is 4.72. The lowest BCUT2D eigenvalue weighted by molar-refractivity contribution is 0.944. The van der Waals surface area contributed by atoms with E-state index in [1.54, 1.807) is 0 Å². The van der Waals surface area contributed by atoms with E-state index in [1.807, 2.05) is 0 Å². The molecule has 0 N–H and O–H groups in total. The molecule has 1 aliphatic rings. The first kappa shape index (κ1) is 10.3. The highest BCUT2D eigenvalue weighted by Crippen LogP contribution is 2.22. The first-order chi connectivity index (χ1) is 7.83. The monoisotopic (exact) mass is 324 g/mol. The van der Waals surface area contributed by atoms with E-state index < -0.39 is 0 Å². The van der Waals surface area contributed by atoms with Gasteiger partial charge in [0.1, 0.15) is 5.82 Å². The summed E-state index contributed by atoms with van der Waals surface area (Å²) in [5.74, 6) is 1.13. The molecule has 0 saturated carbocycles. The van der Waals surface area contributed by atoms with Crippen LogP contribution in [-0.4, -0.2) is 18.1 Å². The van der Waals surface area contributed by atoms with Crippen molar-refractivity contribution >= 4 is 39.3 Å². The van der Waals surface area contributed by atoms with Gasteiger partial charge >= 0.3 is 0 Å². The van der Waals surface area contributed by atoms with Gasteiger partial charge in [-0.15, -0.1) is 0 Å². The second-order valence-corrected chi connectivity index (χ2v) is 5.45. The lowest BCUT2D eigenvalue weighted by Gasteiger charge is -2.16. The molecule has 2 nitrogen and oxygen atoms in total. The van der Waals surface area contributed by atoms with E-state index in [0.717, 1.165) is 24.4 Å². The van der Waals surface area contributed by atoms with Crippen molar-refractivity contribution in [2.45, 2.75) is 12.8 Å². The summed E-state index contributed by atoms with van der Waals surface area (Å²) in [5, 5.41) is 1.23. The Hall–Kier alpha value is -0.840. The van der Waals surface area contributed by atoms with Crippen molar-refractivity contribution in [2.75, 3.05) is 18.0 Å². The van der Waals surface area contributed by atoms with Crippen LogP contribution in [0.25, 0.3) is 10.9 Å². The molecule has 0 amide bonds. The largest absolute Gasteiger partial charge is 0.357 e. The summed E-state index contributed by atoms with van der Waals surface area (Å²) in [4.78, 5) is 7.09. The summed E-state index contributed by atoms with van der Waals surface area (Å²) in [7, 11) is 0. The fraction of sp³-hybridized carbons (Fsp3) is 0.308. The number of fused-ring (bicyclic) bond motifs is 1. The lowest BCUT2D eigenvalue weighted by atomic mass is 10.2. The summed E-state index contributed by atoms with van der Waals surface area (Å²) in [6, 6.07) is 10.7. The minimum absolute atomic E-state index is 1.10. The molecule has 0 bridgehead atoms. The maximum absolute atomic E-state index is 4.72. The third kappa shape index (κ3) is 1.88. The predicted octanol–water partition coefficient (Wildman–Crippen LogP) is 3.44. The predicted molar refractivity (Wildman–Crippen MR) is 75.9 cm³/mol. The number of nitrogens with zero attached hydrogens (tertiary/aromatic N) is 2. The first-order valence-electron chi connectivity index (χ1n) is 5.64. The molecule has 2 aromatic rings. The molecule has 3 rings (SSSR count). The van der Waals surface area contributed by atoms with Gasteiger partial charge in [-0.05, 0) is 65.8 Å². The van der Waals surface area contributed by atoms with E-state index in [4.69, 9.17) is 4.98 Å². The molecule has 1 aromatic carbocycles. The van der Waals surface area contributed by atoms with Gasteiger partial charge in [0, 0.05) is 22.0 Å². The van der Waals surface area contributed by atoms with Gasteiger partial charge < -0.3 is 4.90 Å². The van der Waals surface area contributed by atoms with Crippen LogP contribution in [0.4, 0.5) is 5.82 Å². The molecule has 0 unspecified atom stereocenters. The van der Waals surface area contributed by atoms with Gasteiger partial charge in [-0.1, -0.05) is 0 Å². The van der Waals surface area contributed by atoms with Gasteiger partial charge in [0.15, 0.2) is 0 Å². The zero-order valence-corrected chi connectivity index (χ0v) is 11.1. The Morgan fingerprint density at radius 3 is 2.69 bits per heavy atom. The van der Waals surface area contributed by atoms with Crippen LogP contribution in [0.5, 0.6) is 0 Å². The molecule has 1 aromatic heterocycles. The Morgan fingerprint density at radius 2 is 1.88 bits per heavy atom. The number of halogens is 1. The molecule has 0 atom stereocenters. The zero-order valence-electron chi connectivity index (χ0n) is 8.99. The van der Waals surface area contributed by atoms with Crippen molar-refractivity contribution in [1.82, 2.24) is 4.98 Å². The van der Waals surface area contributed by atoms with Crippen LogP contribution in [0.3, 0.4) is 0 Å². The minimum atomic E-state index is 1.10. The van der Waals surface area contributed by atoms with E-state index in [9.17, 15) is 0 Å². The summed E-state index contributed by atoms with van der Waals surface area (Å²) >= 11 is 2.34. The first-order valence-corrected chi connectivity index (χ1v) is 6.72. The van der Waals surface area contributed by atoms with Crippen LogP contribution in [0, 0.1) is 3.57 Å². The van der Waals surface area contributed by atoms with E-state index >= 15 is 0 Å². The zero-order chi connectivity index (χ0) is 11.0. The molecule has 0 radical (unpaired) electrons. The molecule has 0 spiro atoms. The summed E-state index contributed by atoms with van der Waals surface area (Å²) < 4.78 is 1.26. The van der Waals surface area contributed by atoms with Crippen LogP contribution in [0.15, 0.2) is 30.3 Å². The molecule has 16 heavy (non-hydrogen) atoms. The van der Waals surface area contributed by atoms with Gasteiger partial charge in [0.25, 0.3) is 0 Å². The van der Waals surface area contributed by atoms with Crippen LogP contribution in [0.2, 0.25) is 0 Å². The summed E-state index contributed by atoms with van der Waals surface area (Å²) in [6.07, 6.45) is 2.60. The standard InChI is InChI=1S/C13H13IN2/c14-11-4-5-12-10(9-11)3-6-13(15-12)16-7-1-2-8-16/h3-6,9H,1-2,7-8H2. The van der Waals surface area contributed by atoms with Crippen LogP contribution >= 0.6 is 22.6 Å². The van der Waals surface area contributed by atoms with E-state index in [-0.39, 0.29) is 0 Å². The van der Waals surface area contributed by atoms with Gasteiger partial charge in [0.2, 0.25) is 0 Å². The molecule has 1 aliphatic heterocycles. The van der Waals surface area contributed by atoms with Crippen LogP contribution in [0.1, 0.15) is 12.8 Å². The van der Waals surface area contributed by atoms with Gasteiger partial charge in [-0.2, -0.15) is 0 Å². The number of aromatic nitrogens is 1. The quantitative estimate of drug-likeness (QED) is 0.747. The van der Waals surface area contributed by atoms with Crippen LogP contribution in [-0.2, 0) is 0 Å². The fourth-order valence-corrected chi connectivity index (χ4v) is 2.72. The van der Waals surface area contributed by atoms with E-state index in [1.165, 1.54) is 21.8 Å². The Labute approximate surface area is 109 Å². The second kappa shape index (κ2) is 4.20. The molecular weight excluding hydrogens is 311 g/mol. The number of benzene rings is 1. The highest BCUT2D eigenvalue weighted by atomic mass is 127. The van der Waals surface area contributed by atoms with E-state index in [2.05, 4.69) is 57.8 Å². The summed E-state index contributed by atoms with van der Waals surface area (Å²) in [5.41, 5.74) is 1.10. The topological polar surface area (TPSA) is 16.1 Å². The third-order valence-corrected chi connectivity index (χ3v) is 3.74. The number of rotatable bonds is 1. The van der Waals surface area contributed by atoms with Crippen molar-refractivity contribution in [3.8, 4) is 0 Å². The number of hydrogen-bond donors (Lipinski definition) is 0. The minimum Gasteiger partial charge on any atom is -0.357 e. The van der Waals surface area contributed by atoms with Crippen molar-refractivity contribution < 1.29 is 0 Å². The van der Waals surface area contributed by atoms with Crippen molar-refractivity contribution in [3.63, 3.8) is 0 Å². The number of pyridine rings is 1. The smallest absolute Gasteiger partial charge is 0.129 e. The van der Waals surface area contributed by atoms with E-state index in [0.29, 0.717) is 0 Å². The van der Waals surface area contributed by atoms with Gasteiger partial charge in [-0.3, -0.25) is 0 Å². The van der Waals surface area contributed by atoms with Crippen molar-refractivity contribution in [1.29, 1.82) is 0 Å². The summed E-state index contributed by atoms with van der Waals surface area (Å²) in [6.45, 7) is 2.31. The molecule has 82 valence electrons. The average molecular weight is 324 g/mol. The van der Waals surface area contributed by atoms with Gasteiger partial charge in [-0.25, -0.2) is 4.98 Å². The normalized spacial score (nSPS) is 15.9. The maximum Gasteiger partial charge on any atom is 0.129 e. The van der Waals surface area contributed by atoms with Crippen LogP contribution < -0.4 is 4.90 Å². The van der Waals surface area contributed by atoms with Gasteiger partial charge in [0.05, 0.1) is 5.52 Å². The molecular formula is C13H13IN2. The molecule has 2 heterocycles. The Bertz CT molecular complexity index is 518. The second-order valence-electron chi connectivity index (χ2n) is 4.20. The number of anilines is 1. The Kier molecular flexibility index (Phi) is 2.71. The fourth-order valence-electron chi connectivity index (χ4n) is 2.21. The number of hydrogen-bond acceptors (Lipinski definition) is 2. The molecule has 1 saturated heterocycles. The highest BCUT2D eigenvalue weighted by molar-refractivity contribution is 14.1. The highest BCUT2D eigenvalue weighted by Gasteiger charge is 2.13. The Morgan fingerprint density at radius 1 is 1.06 bits per heavy atom. The van der Waals surface area contributed by atoms with Crippen molar-refractivity contribution in [3.05, 3.63) is 33.9 Å². The SMILES string of the molecule is Ic1ccc2nc(N3CCCC3)ccc2c1. The molecule has 3 heteroatoms. The average Bonchev–Trinajstić information content (AvgIpc) is 2.82. The van der Waals surface area contributed by atoms with Crippen molar-refractivity contribution in [2.24, 2.45) is 0 Å². The third-order valence-electron chi connectivity index (χ3n) is 3.07. The molecule has 1 fully saturated rings.